The highest BCUT2D eigenvalue weighted by atomic mass is 16.5. The third-order valence-corrected chi connectivity index (χ3v) is 2.75. The molecule has 0 aliphatic rings. The Hall–Kier alpha value is -0.900. The number of hydrogen-bond donors (Lipinski definition) is 2. The van der Waals surface area contributed by atoms with Gasteiger partial charge in [0.25, 0.3) is 0 Å². The van der Waals surface area contributed by atoms with Crippen LogP contribution in [-0.2, 0) is 4.74 Å². The van der Waals surface area contributed by atoms with Gasteiger partial charge in [-0.1, -0.05) is 37.3 Å². The Morgan fingerprint density at radius 2 is 2.00 bits per heavy atom. The first-order valence-electron chi connectivity index (χ1n) is 5.76. The zero-order valence-electron chi connectivity index (χ0n) is 10.1. The van der Waals surface area contributed by atoms with Gasteiger partial charge in [0, 0.05) is 19.7 Å². The summed E-state index contributed by atoms with van der Waals surface area (Å²) in [5.41, 5.74) is 7.38. The minimum Gasteiger partial charge on any atom is -0.383 e. The number of nitrogens with two attached hydrogens (primary N) is 1. The molecular weight excluding hydrogens is 200 g/mol. The van der Waals surface area contributed by atoms with Gasteiger partial charge in [-0.3, -0.25) is 0 Å². The van der Waals surface area contributed by atoms with E-state index in [1.54, 1.807) is 7.11 Å². The average Bonchev–Trinajstić information content (AvgIpc) is 2.34. The molecule has 16 heavy (non-hydrogen) atoms. The summed E-state index contributed by atoms with van der Waals surface area (Å²) in [5, 5.41) is 3.33. The summed E-state index contributed by atoms with van der Waals surface area (Å²) in [6.07, 6.45) is 0. The number of methoxy groups -OCH3 is 1. The van der Waals surface area contributed by atoms with Crippen LogP contribution in [0.2, 0.25) is 0 Å². The van der Waals surface area contributed by atoms with Gasteiger partial charge in [-0.15, -0.1) is 0 Å². The molecule has 0 heterocycles. The lowest BCUT2D eigenvalue weighted by Gasteiger charge is -2.20. The van der Waals surface area contributed by atoms with Gasteiger partial charge in [0.15, 0.2) is 0 Å². The maximum atomic E-state index is 6.18. The van der Waals surface area contributed by atoms with Crippen LogP contribution in [-0.4, -0.2) is 26.8 Å². The third-order valence-electron chi connectivity index (χ3n) is 2.75. The Morgan fingerprint density at radius 1 is 1.31 bits per heavy atom. The molecule has 3 N–H and O–H groups in total. The van der Waals surface area contributed by atoms with Gasteiger partial charge in [-0.25, -0.2) is 0 Å². The molecule has 0 aromatic heterocycles. The van der Waals surface area contributed by atoms with E-state index in [4.69, 9.17) is 10.5 Å². The monoisotopic (exact) mass is 222 g/mol. The second kappa shape index (κ2) is 7.39. The maximum Gasteiger partial charge on any atom is 0.0587 e. The normalized spacial score (nSPS) is 14.7. The van der Waals surface area contributed by atoms with E-state index in [0.29, 0.717) is 5.92 Å². The van der Waals surface area contributed by atoms with Crippen molar-refractivity contribution in [3.05, 3.63) is 35.9 Å². The summed E-state index contributed by atoms with van der Waals surface area (Å²) >= 11 is 0. The molecule has 1 rings (SSSR count). The van der Waals surface area contributed by atoms with Gasteiger partial charge in [0.2, 0.25) is 0 Å². The van der Waals surface area contributed by atoms with Gasteiger partial charge in [0.1, 0.15) is 0 Å². The summed E-state index contributed by atoms with van der Waals surface area (Å²) in [7, 11) is 1.71. The second-order valence-corrected chi connectivity index (χ2v) is 4.11. The molecule has 1 aromatic rings. The van der Waals surface area contributed by atoms with Gasteiger partial charge in [0.05, 0.1) is 6.61 Å². The number of benzene rings is 1. The van der Waals surface area contributed by atoms with E-state index in [1.165, 1.54) is 5.56 Å². The Balaban J connectivity index is 2.33. The van der Waals surface area contributed by atoms with Gasteiger partial charge in [-0.05, 0) is 18.0 Å². The lowest BCUT2D eigenvalue weighted by molar-refractivity contribution is 0.197. The topological polar surface area (TPSA) is 47.3 Å². The van der Waals surface area contributed by atoms with E-state index in [1.807, 2.05) is 18.2 Å². The molecule has 0 radical (unpaired) electrons. The van der Waals surface area contributed by atoms with E-state index < -0.39 is 0 Å². The van der Waals surface area contributed by atoms with Crippen molar-refractivity contribution in [3.8, 4) is 0 Å². The van der Waals surface area contributed by atoms with Crippen molar-refractivity contribution in [2.75, 3.05) is 26.8 Å². The fraction of sp³-hybridized carbons (Fsp3) is 0.538. The molecule has 3 heteroatoms. The Kier molecular flexibility index (Phi) is 6.08. The van der Waals surface area contributed by atoms with Crippen LogP contribution in [0.4, 0.5) is 0 Å². The van der Waals surface area contributed by atoms with Gasteiger partial charge < -0.3 is 15.8 Å². The van der Waals surface area contributed by atoms with Crippen LogP contribution in [0.15, 0.2) is 30.3 Å². The molecule has 2 atom stereocenters. The van der Waals surface area contributed by atoms with Crippen molar-refractivity contribution in [2.45, 2.75) is 13.0 Å². The van der Waals surface area contributed by atoms with Crippen LogP contribution in [0.3, 0.4) is 0 Å². The SMILES string of the molecule is COCCNCC(C)C(N)c1ccccc1. The van der Waals surface area contributed by atoms with Gasteiger partial charge >= 0.3 is 0 Å². The number of rotatable bonds is 7. The molecule has 0 aliphatic carbocycles. The Morgan fingerprint density at radius 3 is 2.62 bits per heavy atom. The largest absolute Gasteiger partial charge is 0.383 e. The van der Waals surface area contributed by atoms with E-state index in [-0.39, 0.29) is 6.04 Å². The molecule has 0 bridgehead atoms. The summed E-state index contributed by atoms with van der Waals surface area (Å²) in [5.74, 6) is 0.416. The number of ether oxygens (including phenoxy) is 1. The van der Waals surface area contributed by atoms with Crippen molar-refractivity contribution in [1.29, 1.82) is 0 Å². The summed E-state index contributed by atoms with van der Waals surface area (Å²) in [6.45, 7) is 4.70. The Labute approximate surface area is 98.0 Å². The van der Waals surface area contributed by atoms with Crippen molar-refractivity contribution in [1.82, 2.24) is 5.32 Å². The van der Waals surface area contributed by atoms with Crippen LogP contribution < -0.4 is 11.1 Å². The Bertz CT molecular complexity index is 277. The zero-order valence-corrected chi connectivity index (χ0v) is 10.1. The summed E-state index contributed by atoms with van der Waals surface area (Å²) in [6, 6.07) is 10.3. The predicted molar refractivity (Wildman–Crippen MR) is 67.3 cm³/mol. The molecule has 0 aliphatic heterocycles. The van der Waals surface area contributed by atoms with Crippen molar-refractivity contribution >= 4 is 0 Å². The molecule has 0 spiro atoms. The lowest BCUT2D eigenvalue weighted by Crippen LogP contribution is -2.31. The second-order valence-electron chi connectivity index (χ2n) is 4.11. The highest BCUT2D eigenvalue weighted by Crippen LogP contribution is 2.17. The third kappa shape index (κ3) is 4.31. The summed E-state index contributed by atoms with van der Waals surface area (Å²) in [4.78, 5) is 0. The van der Waals surface area contributed by atoms with E-state index >= 15 is 0 Å². The van der Waals surface area contributed by atoms with Gasteiger partial charge in [-0.2, -0.15) is 0 Å². The molecule has 0 amide bonds. The first-order chi connectivity index (χ1) is 7.75. The predicted octanol–water partition coefficient (Wildman–Crippen LogP) is 1.56. The van der Waals surface area contributed by atoms with Crippen LogP contribution in [0.1, 0.15) is 18.5 Å². The fourth-order valence-corrected chi connectivity index (χ4v) is 1.63. The van der Waals surface area contributed by atoms with Crippen molar-refractivity contribution < 1.29 is 4.74 Å². The smallest absolute Gasteiger partial charge is 0.0587 e. The van der Waals surface area contributed by atoms with Crippen LogP contribution >= 0.6 is 0 Å². The van der Waals surface area contributed by atoms with Crippen LogP contribution in [0, 0.1) is 5.92 Å². The van der Waals surface area contributed by atoms with E-state index in [2.05, 4.69) is 24.4 Å². The molecule has 2 unspecified atom stereocenters. The molecule has 0 saturated carbocycles. The lowest BCUT2D eigenvalue weighted by atomic mass is 9.95. The van der Waals surface area contributed by atoms with Crippen molar-refractivity contribution in [3.63, 3.8) is 0 Å². The minimum absolute atomic E-state index is 0.0937. The maximum absolute atomic E-state index is 6.18. The van der Waals surface area contributed by atoms with E-state index in [9.17, 15) is 0 Å². The molecule has 0 saturated heterocycles. The van der Waals surface area contributed by atoms with E-state index in [0.717, 1.165) is 19.7 Å². The molecule has 3 nitrogen and oxygen atoms in total. The fourth-order valence-electron chi connectivity index (χ4n) is 1.63. The first kappa shape index (κ1) is 13.2. The zero-order chi connectivity index (χ0) is 11.8. The quantitative estimate of drug-likeness (QED) is 0.688. The highest BCUT2D eigenvalue weighted by molar-refractivity contribution is 5.19. The molecule has 90 valence electrons. The molecule has 0 fully saturated rings. The minimum atomic E-state index is 0.0937. The highest BCUT2D eigenvalue weighted by Gasteiger charge is 2.13. The summed E-state index contributed by atoms with van der Waals surface area (Å²) < 4.78 is 4.98. The van der Waals surface area contributed by atoms with Crippen molar-refractivity contribution in [2.24, 2.45) is 11.7 Å². The number of hydrogen-bond acceptors (Lipinski definition) is 3. The molecule has 1 aromatic carbocycles. The van der Waals surface area contributed by atoms with Crippen LogP contribution in [0.25, 0.3) is 0 Å². The number of nitrogens with one attached hydrogen (secondary N) is 1. The standard InChI is InChI=1S/C13H22N2O/c1-11(10-15-8-9-16-2)13(14)12-6-4-3-5-7-12/h3-7,11,13,15H,8-10,14H2,1-2H3. The first-order valence-corrected chi connectivity index (χ1v) is 5.76. The molecular formula is C13H22N2O. The average molecular weight is 222 g/mol. The van der Waals surface area contributed by atoms with Crippen LogP contribution in [0.5, 0.6) is 0 Å².